The zero-order valence-electron chi connectivity index (χ0n) is 8.65. The highest BCUT2D eigenvalue weighted by atomic mass is 79.9. The average Bonchev–Trinajstić information content (AvgIpc) is 2.59. The highest BCUT2D eigenvalue weighted by Crippen LogP contribution is 2.24. The Bertz CT molecular complexity index is 462. The summed E-state index contributed by atoms with van der Waals surface area (Å²) >= 11 is 3.53. The zero-order valence-corrected chi connectivity index (χ0v) is 10.2. The molecular weight excluding hydrogens is 254 g/mol. The molecule has 0 aliphatic rings. The Morgan fingerprint density at radius 2 is 2.20 bits per heavy atom. The molecule has 1 heterocycles. The highest BCUT2D eigenvalue weighted by Gasteiger charge is 2.04. The van der Waals surface area contributed by atoms with Gasteiger partial charge in [-0.05, 0) is 31.5 Å². The largest absolute Gasteiger partial charge is 0.393 e. The molecule has 0 amide bonds. The summed E-state index contributed by atoms with van der Waals surface area (Å²) in [6, 6.07) is 8.27. The fourth-order valence-electron chi connectivity index (χ4n) is 1.71. The van der Waals surface area contributed by atoms with Crippen molar-refractivity contribution in [2.75, 3.05) is 0 Å². The van der Waals surface area contributed by atoms with Gasteiger partial charge >= 0.3 is 0 Å². The van der Waals surface area contributed by atoms with Gasteiger partial charge in [-0.3, -0.25) is 0 Å². The smallest absolute Gasteiger partial charge is 0.0529 e. The van der Waals surface area contributed by atoms with Crippen molar-refractivity contribution in [2.45, 2.75) is 26.0 Å². The van der Waals surface area contributed by atoms with Crippen LogP contribution in [0.4, 0.5) is 0 Å². The van der Waals surface area contributed by atoms with Gasteiger partial charge in [0, 0.05) is 28.1 Å². The van der Waals surface area contributed by atoms with Gasteiger partial charge in [0.05, 0.1) is 6.10 Å². The second-order valence-electron chi connectivity index (χ2n) is 3.82. The summed E-state index contributed by atoms with van der Waals surface area (Å²) in [6.07, 6.45) is 2.61. The van der Waals surface area contributed by atoms with Gasteiger partial charge in [-0.2, -0.15) is 0 Å². The first-order valence-electron chi connectivity index (χ1n) is 5.10. The molecule has 0 spiro atoms. The lowest BCUT2D eigenvalue weighted by atomic mass is 10.2. The van der Waals surface area contributed by atoms with Crippen LogP contribution in [0.1, 0.15) is 13.3 Å². The third-order valence-corrected chi connectivity index (χ3v) is 3.24. The molecule has 15 heavy (non-hydrogen) atoms. The van der Waals surface area contributed by atoms with Crippen LogP contribution in [-0.2, 0) is 6.54 Å². The lowest BCUT2D eigenvalue weighted by molar-refractivity contribution is 0.178. The van der Waals surface area contributed by atoms with Gasteiger partial charge in [-0.1, -0.05) is 22.0 Å². The van der Waals surface area contributed by atoms with Crippen molar-refractivity contribution in [1.29, 1.82) is 0 Å². The van der Waals surface area contributed by atoms with Gasteiger partial charge in [0.25, 0.3) is 0 Å². The van der Waals surface area contributed by atoms with Crippen LogP contribution in [0.15, 0.2) is 34.9 Å². The maximum atomic E-state index is 9.26. The summed E-state index contributed by atoms with van der Waals surface area (Å²) < 4.78 is 3.29. The number of rotatable bonds is 3. The molecule has 80 valence electrons. The first-order chi connectivity index (χ1) is 7.18. The minimum atomic E-state index is -0.241. The van der Waals surface area contributed by atoms with Gasteiger partial charge in [0.15, 0.2) is 0 Å². The molecule has 0 bridgehead atoms. The fourth-order valence-corrected chi connectivity index (χ4v) is 2.19. The normalized spacial score (nSPS) is 13.3. The predicted octanol–water partition coefficient (Wildman–Crippen LogP) is 3.17. The molecule has 1 aromatic carbocycles. The lowest BCUT2D eigenvalue weighted by Gasteiger charge is -2.07. The van der Waals surface area contributed by atoms with Crippen molar-refractivity contribution in [2.24, 2.45) is 0 Å². The van der Waals surface area contributed by atoms with Gasteiger partial charge in [0.2, 0.25) is 0 Å². The molecule has 1 atom stereocenters. The van der Waals surface area contributed by atoms with E-state index < -0.39 is 0 Å². The number of halogens is 1. The molecule has 0 aliphatic carbocycles. The number of aliphatic hydroxyl groups excluding tert-OH is 1. The number of nitrogens with zero attached hydrogens (tertiary/aromatic N) is 1. The number of aromatic nitrogens is 1. The number of benzene rings is 1. The van der Waals surface area contributed by atoms with Crippen LogP contribution < -0.4 is 0 Å². The molecule has 2 rings (SSSR count). The van der Waals surface area contributed by atoms with E-state index in [0.29, 0.717) is 0 Å². The van der Waals surface area contributed by atoms with E-state index in [4.69, 9.17) is 0 Å². The second-order valence-corrected chi connectivity index (χ2v) is 4.67. The Morgan fingerprint density at radius 1 is 1.40 bits per heavy atom. The maximum Gasteiger partial charge on any atom is 0.0529 e. The standard InChI is InChI=1S/C12H14BrNO/c1-9(15)5-7-14-8-6-10-11(13)3-2-4-12(10)14/h2-4,6,8-9,15H,5,7H2,1H3. The van der Waals surface area contributed by atoms with Crippen LogP contribution in [0.3, 0.4) is 0 Å². The first kappa shape index (κ1) is 10.7. The number of aliphatic hydroxyl groups is 1. The van der Waals surface area contributed by atoms with Crippen LogP contribution in [0.25, 0.3) is 10.9 Å². The van der Waals surface area contributed by atoms with Gasteiger partial charge in [-0.15, -0.1) is 0 Å². The molecular formula is C12H14BrNO. The average molecular weight is 268 g/mol. The monoisotopic (exact) mass is 267 g/mol. The third-order valence-electron chi connectivity index (χ3n) is 2.55. The van der Waals surface area contributed by atoms with E-state index in [1.54, 1.807) is 0 Å². The first-order valence-corrected chi connectivity index (χ1v) is 5.89. The fraction of sp³-hybridized carbons (Fsp3) is 0.333. The Hall–Kier alpha value is -0.800. The number of aryl methyl sites for hydroxylation is 1. The van der Waals surface area contributed by atoms with Crippen molar-refractivity contribution in [1.82, 2.24) is 4.57 Å². The molecule has 3 heteroatoms. The van der Waals surface area contributed by atoms with Crippen LogP contribution in [0.2, 0.25) is 0 Å². The molecule has 1 aromatic heterocycles. The minimum Gasteiger partial charge on any atom is -0.393 e. The van der Waals surface area contributed by atoms with Crippen molar-refractivity contribution < 1.29 is 5.11 Å². The maximum absolute atomic E-state index is 9.26. The topological polar surface area (TPSA) is 25.2 Å². The van der Waals surface area contributed by atoms with E-state index in [1.165, 1.54) is 10.9 Å². The molecule has 2 nitrogen and oxygen atoms in total. The Kier molecular flexibility index (Phi) is 3.12. The zero-order chi connectivity index (χ0) is 10.8. The SMILES string of the molecule is CC(O)CCn1ccc2c(Br)cccc21. The van der Waals surface area contributed by atoms with E-state index in [-0.39, 0.29) is 6.10 Å². The molecule has 0 saturated heterocycles. The third kappa shape index (κ3) is 2.24. The Morgan fingerprint density at radius 3 is 2.93 bits per heavy atom. The number of fused-ring (bicyclic) bond motifs is 1. The Balaban J connectivity index is 2.33. The molecule has 1 N–H and O–H groups in total. The summed E-state index contributed by atoms with van der Waals surface area (Å²) in [5.41, 5.74) is 1.21. The second kappa shape index (κ2) is 4.37. The van der Waals surface area contributed by atoms with E-state index in [9.17, 15) is 5.11 Å². The molecule has 2 aromatic rings. The van der Waals surface area contributed by atoms with Crippen LogP contribution >= 0.6 is 15.9 Å². The van der Waals surface area contributed by atoms with E-state index in [0.717, 1.165) is 17.4 Å². The highest BCUT2D eigenvalue weighted by molar-refractivity contribution is 9.10. The number of hydrogen-bond donors (Lipinski definition) is 1. The molecule has 0 saturated carbocycles. The molecule has 1 unspecified atom stereocenters. The summed E-state index contributed by atoms with van der Waals surface area (Å²) in [5.74, 6) is 0. The van der Waals surface area contributed by atoms with Crippen molar-refractivity contribution in [3.8, 4) is 0 Å². The summed E-state index contributed by atoms with van der Waals surface area (Å²) in [6.45, 7) is 2.68. The molecule has 0 fully saturated rings. The quantitative estimate of drug-likeness (QED) is 0.908. The van der Waals surface area contributed by atoms with E-state index in [1.807, 2.05) is 19.1 Å². The van der Waals surface area contributed by atoms with Gasteiger partial charge < -0.3 is 9.67 Å². The van der Waals surface area contributed by atoms with Crippen LogP contribution in [0, 0.1) is 0 Å². The van der Waals surface area contributed by atoms with Gasteiger partial charge in [0.1, 0.15) is 0 Å². The molecule has 0 aliphatic heterocycles. The minimum absolute atomic E-state index is 0.241. The van der Waals surface area contributed by atoms with Crippen molar-refractivity contribution in [3.05, 3.63) is 34.9 Å². The molecule has 0 radical (unpaired) electrons. The van der Waals surface area contributed by atoms with Crippen molar-refractivity contribution in [3.63, 3.8) is 0 Å². The number of hydrogen-bond acceptors (Lipinski definition) is 1. The van der Waals surface area contributed by atoms with Gasteiger partial charge in [-0.25, -0.2) is 0 Å². The summed E-state index contributed by atoms with van der Waals surface area (Å²) in [7, 11) is 0. The van der Waals surface area contributed by atoms with Crippen LogP contribution in [0.5, 0.6) is 0 Å². The predicted molar refractivity (Wildman–Crippen MR) is 65.9 cm³/mol. The summed E-state index contributed by atoms with van der Waals surface area (Å²) in [4.78, 5) is 0. The Labute approximate surface area is 97.7 Å². The van der Waals surface area contributed by atoms with E-state index in [2.05, 4.69) is 38.8 Å². The summed E-state index contributed by atoms with van der Waals surface area (Å²) in [5, 5.41) is 10.5. The lowest BCUT2D eigenvalue weighted by Crippen LogP contribution is -2.05. The van der Waals surface area contributed by atoms with E-state index >= 15 is 0 Å². The van der Waals surface area contributed by atoms with Crippen LogP contribution in [-0.4, -0.2) is 15.8 Å². The van der Waals surface area contributed by atoms with Crippen molar-refractivity contribution >= 4 is 26.8 Å².